The number of rotatable bonds is 20. The Morgan fingerprint density at radius 3 is 2.35 bits per heavy atom. The van der Waals surface area contributed by atoms with Crippen LogP contribution < -0.4 is 0 Å². The minimum absolute atomic E-state index is 0.00550. The average Bonchev–Trinajstić information content (AvgIpc) is 3.14. The molecule has 1 rings (SSSR count). The Morgan fingerprint density at radius 2 is 1.65 bits per heavy atom. The molecule has 0 aliphatic heterocycles. The molecular formula is C29H50O8. The Morgan fingerprint density at radius 1 is 0.946 bits per heavy atom. The van der Waals surface area contributed by atoms with Gasteiger partial charge in [0, 0.05) is 18.8 Å². The van der Waals surface area contributed by atoms with Gasteiger partial charge in [0.1, 0.15) is 6.61 Å². The van der Waals surface area contributed by atoms with Gasteiger partial charge in [-0.05, 0) is 25.2 Å². The monoisotopic (exact) mass is 526 g/mol. The van der Waals surface area contributed by atoms with Gasteiger partial charge in [-0.1, -0.05) is 83.1 Å². The Labute approximate surface area is 222 Å². The van der Waals surface area contributed by atoms with Crippen molar-refractivity contribution in [2.24, 2.45) is 11.8 Å². The van der Waals surface area contributed by atoms with E-state index in [1.807, 2.05) is 6.08 Å². The molecule has 0 saturated heterocycles. The summed E-state index contributed by atoms with van der Waals surface area (Å²) in [6.07, 6.45) is 14.1. The zero-order chi connectivity index (χ0) is 27.5. The van der Waals surface area contributed by atoms with E-state index in [4.69, 9.17) is 9.47 Å². The van der Waals surface area contributed by atoms with Crippen LogP contribution in [-0.4, -0.2) is 70.0 Å². The molecule has 0 spiro atoms. The lowest BCUT2D eigenvalue weighted by atomic mass is 9.89. The van der Waals surface area contributed by atoms with Gasteiger partial charge in [-0.25, -0.2) is 0 Å². The summed E-state index contributed by atoms with van der Waals surface area (Å²) >= 11 is 0. The van der Waals surface area contributed by atoms with Crippen LogP contribution in [0.1, 0.15) is 97.3 Å². The maximum Gasteiger partial charge on any atom is 0.309 e. The van der Waals surface area contributed by atoms with Gasteiger partial charge in [-0.15, -0.1) is 0 Å². The summed E-state index contributed by atoms with van der Waals surface area (Å²) in [5, 5.41) is 40.3. The van der Waals surface area contributed by atoms with Gasteiger partial charge in [0.05, 0.1) is 31.3 Å². The molecule has 1 fully saturated rings. The number of carbonyl (C=O) groups is 2. The molecule has 37 heavy (non-hydrogen) atoms. The highest BCUT2D eigenvalue weighted by atomic mass is 16.6. The van der Waals surface area contributed by atoms with Gasteiger partial charge in [0.2, 0.25) is 0 Å². The normalized spacial score (nSPS) is 23.5. The lowest BCUT2D eigenvalue weighted by Gasteiger charge is -2.19. The second kappa shape index (κ2) is 20.3. The van der Waals surface area contributed by atoms with E-state index in [1.54, 1.807) is 18.2 Å². The van der Waals surface area contributed by atoms with Crippen LogP contribution in [0.5, 0.6) is 0 Å². The molecule has 4 N–H and O–H groups in total. The molecule has 0 radical (unpaired) electrons. The van der Waals surface area contributed by atoms with Crippen LogP contribution in [-0.2, 0) is 19.1 Å². The highest BCUT2D eigenvalue weighted by molar-refractivity contribution is 5.71. The number of aliphatic hydroxyl groups is 4. The Bertz CT molecular complexity index is 677. The molecule has 1 aliphatic carbocycles. The fraction of sp³-hybridized carbons (Fsp3) is 0.793. The number of unbranched alkanes of at least 4 members (excludes halogenated alkanes) is 6. The van der Waals surface area contributed by atoms with Gasteiger partial charge >= 0.3 is 11.9 Å². The third-order valence-corrected chi connectivity index (χ3v) is 6.85. The molecule has 0 heterocycles. The number of esters is 2. The molecule has 0 bridgehead atoms. The van der Waals surface area contributed by atoms with E-state index in [1.165, 1.54) is 0 Å². The fourth-order valence-electron chi connectivity index (χ4n) is 4.58. The number of aliphatic hydroxyl groups excluding tert-OH is 4. The topological polar surface area (TPSA) is 134 Å². The predicted octanol–water partition coefficient (Wildman–Crippen LogP) is 3.99. The van der Waals surface area contributed by atoms with Crippen LogP contribution in [0.25, 0.3) is 0 Å². The van der Waals surface area contributed by atoms with Crippen molar-refractivity contribution < 1.29 is 39.5 Å². The average molecular weight is 527 g/mol. The summed E-state index contributed by atoms with van der Waals surface area (Å²) in [7, 11) is 0. The lowest BCUT2D eigenvalue weighted by Crippen LogP contribution is -2.28. The first-order valence-corrected chi connectivity index (χ1v) is 14.2. The molecule has 214 valence electrons. The summed E-state index contributed by atoms with van der Waals surface area (Å²) in [4.78, 5) is 24.0. The molecule has 0 aromatic heterocycles. The third kappa shape index (κ3) is 14.7. The lowest BCUT2D eigenvalue weighted by molar-refractivity contribution is -0.161. The van der Waals surface area contributed by atoms with Crippen LogP contribution in [0, 0.1) is 11.8 Å². The second-order valence-corrected chi connectivity index (χ2v) is 10.1. The minimum Gasteiger partial charge on any atom is -0.461 e. The molecule has 0 amide bonds. The van der Waals surface area contributed by atoms with E-state index in [-0.39, 0.29) is 37.7 Å². The van der Waals surface area contributed by atoms with Gasteiger partial charge < -0.3 is 29.9 Å². The Hall–Kier alpha value is -1.74. The van der Waals surface area contributed by atoms with Crippen LogP contribution in [0.2, 0.25) is 0 Å². The quantitative estimate of drug-likeness (QED) is 0.106. The summed E-state index contributed by atoms with van der Waals surface area (Å²) in [6.45, 7) is 3.61. The van der Waals surface area contributed by atoms with Crippen LogP contribution >= 0.6 is 0 Å². The van der Waals surface area contributed by atoms with Crippen molar-refractivity contribution in [1.82, 2.24) is 0 Å². The fourth-order valence-corrected chi connectivity index (χ4v) is 4.58. The summed E-state index contributed by atoms with van der Waals surface area (Å²) in [5.74, 6) is -1.38. The molecule has 1 aliphatic rings. The first-order chi connectivity index (χ1) is 17.8. The van der Waals surface area contributed by atoms with Crippen molar-refractivity contribution in [3.63, 3.8) is 0 Å². The van der Waals surface area contributed by atoms with E-state index >= 15 is 0 Å². The van der Waals surface area contributed by atoms with E-state index < -0.39 is 43.0 Å². The number of ether oxygens (including phenoxy) is 2. The largest absolute Gasteiger partial charge is 0.461 e. The van der Waals surface area contributed by atoms with Crippen molar-refractivity contribution in [3.05, 3.63) is 24.3 Å². The molecule has 1 saturated carbocycles. The molecule has 0 unspecified atom stereocenters. The third-order valence-electron chi connectivity index (χ3n) is 6.85. The summed E-state index contributed by atoms with van der Waals surface area (Å²) < 4.78 is 10.3. The van der Waals surface area contributed by atoms with Crippen LogP contribution in [0.4, 0.5) is 0 Å². The molecule has 6 atom stereocenters. The van der Waals surface area contributed by atoms with E-state index in [9.17, 15) is 30.0 Å². The van der Waals surface area contributed by atoms with Gasteiger partial charge in [-0.2, -0.15) is 0 Å². The van der Waals surface area contributed by atoms with E-state index in [2.05, 4.69) is 13.8 Å². The van der Waals surface area contributed by atoms with Crippen molar-refractivity contribution in [2.45, 2.75) is 122 Å². The highest BCUT2D eigenvalue weighted by Gasteiger charge is 2.39. The first kappa shape index (κ1) is 33.3. The molecule has 0 aromatic rings. The van der Waals surface area contributed by atoms with Gasteiger partial charge in [-0.3, -0.25) is 9.59 Å². The van der Waals surface area contributed by atoms with Gasteiger partial charge in [0.15, 0.2) is 6.10 Å². The standard InChI is InChI=1S/C29H50O8/c1-3-5-7-8-10-16-29(35)37-23(20-30)21-36-28(34)15-12-11-14-24-25(27(33)19-26(24)32)18-17-22(31)13-9-6-4-2/h11-12,17-18,22-27,30-33H,3-10,13-16,19-21H2,1-2H3/b12-11-,18-17+/t22-,23+,24+,25-,26+,27-/m1/s1. The Balaban J connectivity index is 2.38. The molecular weight excluding hydrogens is 476 g/mol. The van der Waals surface area contributed by atoms with Crippen molar-refractivity contribution in [2.75, 3.05) is 13.2 Å². The maximum absolute atomic E-state index is 12.1. The number of carbonyl (C=O) groups excluding carboxylic acids is 2. The maximum atomic E-state index is 12.1. The SMILES string of the molecule is CCCCCCCC(=O)O[C@@H](CO)COC(=O)C/C=C\C[C@H]1[C@@H](/C=C/[C@H](O)CCCCC)[C@H](O)C[C@@H]1O. The first-order valence-electron chi connectivity index (χ1n) is 14.2. The molecule has 0 aromatic carbocycles. The highest BCUT2D eigenvalue weighted by Crippen LogP contribution is 2.36. The van der Waals surface area contributed by atoms with E-state index in [0.29, 0.717) is 12.8 Å². The van der Waals surface area contributed by atoms with Crippen molar-refractivity contribution >= 4 is 11.9 Å². The predicted molar refractivity (Wildman–Crippen MR) is 143 cm³/mol. The van der Waals surface area contributed by atoms with E-state index in [0.717, 1.165) is 51.4 Å². The zero-order valence-electron chi connectivity index (χ0n) is 22.8. The zero-order valence-corrected chi connectivity index (χ0v) is 22.8. The Kier molecular flexibility index (Phi) is 18.2. The molecule has 8 heteroatoms. The smallest absolute Gasteiger partial charge is 0.309 e. The second-order valence-electron chi connectivity index (χ2n) is 10.1. The summed E-state index contributed by atoms with van der Waals surface area (Å²) in [5.41, 5.74) is 0. The molecule has 8 nitrogen and oxygen atoms in total. The van der Waals surface area contributed by atoms with Crippen molar-refractivity contribution in [1.29, 1.82) is 0 Å². The summed E-state index contributed by atoms with van der Waals surface area (Å²) in [6, 6.07) is 0. The van der Waals surface area contributed by atoms with Crippen LogP contribution in [0.15, 0.2) is 24.3 Å². The number of allylic oxidation sites excluding steroid dienone is 1. The van der Waals surface area contributed by atoms with Crippen LogP contribution in [0.3, 0.4) is 0 Å². The number of hydrogen-bond acceptors (Lipinski definition) is 8. The minimum atomic E-state index is -0.879. The number of hydrogen-bond donors (Lipinski definition) is 4. The van der Waals surface area contributed by atoms with Crippen molar-refractivity contribution in [3.8, 4) is 0 Å². The van der Waals surface area contributed by atoms with Gasteiger partial charge in [0.25, 0.3) is 0 Å².